The van der Waals surface area contributed by atoms with Gasteiger partial charge in [0.2, 0.25) is 0 Å². The molecule has 1 N–H and O–H groups in total. The van der Waals surface area contributed by atoms with Crippen molar-refractivity contribution in [3.8, 4) is 5.75 Å². The highest BCUT2D eigenvalue weighted by molar-refractivity contribution is 5.62. The second-order valence-corrected chi connectivity index (χ2v) is 5.49. The van der Waals surface area contributed by atoms with Crippen LogP contribution in [-0.2, 0) is 5.41 Å². The molecule has 0 spiro atoms. The standard InChI is InChI=1S/C16H22O3/c1-3-16(10-5-4-6-11-16)13-8-7-9-14(12(13)2)19-15(17)18/h7-9H,3-6,10-11H2,1-2H3,(H,17,18). The van der Waals surface area contributed by atoms with Crippen molar-refractivity contribution in [2.24, 2.45) is 0 Å². The van der Waals surface area contributed by atoms with Crippen LogP contribution in [-0.4, -0.2) is 11.3 Å². The van der Waals surface area contributed by atoms with Gasteiger partial charge in [0.25, 0.3) is 0 Å². The summed E-state index contributed by atoms with van der Waals surface area (Å²) in [6, 6.07) is 5.78. The number of hydrogen-bond acceptors (Lipinski definition) is 2. The van der Waals surface area contributed by atoms with E-state index in [0.717, 1.165) is 12.0 Å². The molecule has 104 valence electrons. The Morgan fingerprint density at radius 2 is 2.00 bits per heavy atom. The summed E-state index contributed by atoms with van der Waals surface area (Å²) in [6.07, 6.45) is 6.08. The van der Waals surface area contributed by atoms with E-state index in [2.05, 4.69) is 13.0 Å². The predicted octanol–water partition coefficient (Wildman–Crippen LogP) is 4.66. The van der Waals surface area contributed by atoms with Crippen molar-refractivity contribution in [2.45, 2.75) is 57.8 Å². The Labute approximate surface area is 114 Å². The minimum absolute atomic E-state index is 0.209. The van der Waals surface area contributed by atoms with Crippen LogP contribution in [0.1, 0.15) is 56.6 Å². The van der Waals surface area contributed by atoms with Crippen molar-refractivity contribution >= 4 is 6.16 Å². The Hall–Kier alpha value is -1.51. The topological polar surface area (TPSA) is 46.5 Å². The second-order valence-electron chi connectivity index (χ2n) is 5.49. The lowest BCUT2D eigenvalue weighted by molar-refractivity contribution is 0.144. The van der Waals surface area contributed by atoms with Crippen LogP contribution in [0.3, 0.4) is 0 Å². The highest BCUT2D eigenvalue weighted by atomic mass is 16.7. The van der Waals surface area contributed by atoms with Crippen molar-refractivity contribution in [1.82, 2.24) is 0 Å². The summed E-state index contributed by atoms with van der Waals surface area (Å²) in [4.78, 5) is 10.7. The zero-order valence-corrected chi connectivity index (χ0v) is 11.7. The maximum absolute atomic E-state index is 10.7. The fourth-order valence-electron chi connectivity index (χ4n) is 3.44. The molecule has 1 saturated carbocycles. The van der Waals surface area contributed by atoms with E-state index in [0.29, 0.717) is 5.75 Å². The molecule has 1 aliphatic rings. The number of benzene rings is 1. The van der Waals surface area contributed by atoms with E-state index in [1.54, 1.807) is 6.07 Å². The minimum atomic E-state index is -1.24. The largest absolute Gasteiger partial charge is 0.511 e. The molecule has 19 heavy (non-hydrogen) atoms. The van der Waals surface area contributed by atoms with Gasteiger partial charge in [0, 0.05) is 0 Å². The minimum Gasteiger partial charge on any atom is -0.449 e. The number of carbonyl (C=O) groups is 1. The molecule has 0 heterocycles. The van der Waals surface area contributed by atoms with Gasteiger partial charge >= 0.3 is 6.16 Å². The smallest absolute Gasteiger partial charge is 0.449 e. The Morgan fingerprint density at radius 3 is 2.58 bits per heavy atom. The molecule has 0 atom stereocenters. The third-order valence-corrected chi connectivity index (χ3v) is 4.54. The number of hydrogen-bond donors (Lipinski definition) is 1. The van der Waals surface area contributed by atoms with E-state index in [4.69, 9.17) is 9.84 Å². The fourth-order valence-corrected chi connectivity index (χ4v) is 3.44. The van der Waals surface area contributed by atoms with Crippen LogP contribution in [0.4, 0.5) is 4.79 Å². The number of carboxylic acid groups (broad SMARTS) is 1. The molecule has 0 saturated heterocycles. The molecule has 1 aromatic carbocycles. The summed E-state index contributed by atoms with van der Waals surface area (Å²) in [6.45, 7) is 4.20. The fraction of sp³-hybridized carbons (Fsp3) is 0.562. The van der Waals surface area contributed by atoms with Crippen LogP contribution in [0.25, 0.3) is 0 Å². The number of ether oxygens (including phenoxy) is 1. The van der Waals surface area contributed by atoms with Gasteiger partial charge in [0.1, 0.15) is 5.75 Å². The Kier molecular flexibility index (Phi) is 4.13. The average Bonchev–Trinajstić information content (AvgIpc) is 2.41. The molecular formula is C16H22O3. The van der Waals surface area contributed by atoms with E-state index < -0.39 is 6.16 Å². The van der Waals surface area contributed by atoms with Crippen LogP contribution in [0, 0.1) is 6.92 Å². The van der Waals surface area contributed by atoms with Gasteiger partial charge < -0.3 is 9.84 Å². The van der Waals surface area contributed by atoms with Crippen molar-refractivity contribution in [2.75, 3.05) is 0 Å². The Morgan fingerprint density at radius 1 is 1.32 bits per heavy atom. The van der Waals surface area contributed by atoms with E-state index >= 15 is 0 Å². The van der Waals surface area contributed by atoms with Gasteiger partial charge in [-0.25, -0.2) is 4.79 Å². The lowest BCUT2D eigenvalue weighted by Crippen LogP contribution is -2.29. The maximum Gasteiger partial charge on any atom is 0.511 e. The summed E-state index contributed by atoms with van der Waals surface area (Å²) < 4.78 is 4.88. The average molecular weight is 262 g/mol. The third kappa shape index (κ3) is 2.75. The van der Waals surface area contributed by atoms with Gasteiger partial charge in [0.15, 0.2) is 0 Å². The van der Waals surface area contributed by atoms with Crippen LogP contribution >= 0.6 is 0 Å². The quantitative estimate of drug-likeness (QED) is 0.636. The Bertz CT molecular complexity index is 459. The van der Waals surface area contributed by atoms with E-state index in [1.165, 1.54) is 37.7 Å². The van der Waals surface area contributed by atoms with Crippen LogP contribution in [0.5, 0.6) is 5.75 Å². The first kappa shape index (κ1) is 13.9. The molecule has 1 aliphatic carbocycles. The molecule has 0 bridgehead atoms. The van der Waals surface area contributed by atoms with E-state index in [1.807, 2.05) is 13.0 Å². The molecule has 3 heteroatoms. The molecule has 0 radical (unpaired) electrons. The molecule has 1 aromatic rings. The monoisotopic (exact) mass is 262 g/mol. The van der Waals surface area contributed by atoms with Gasteiger partial charge in [-0.1, -0.05) is 38.3 Å². The maximum atomic E-state index is 10.7. The van der Waals surface area contributed by atoms with Gasteiger partial charge in [-0.2, -0.15) is 0 Å². The zero-order valence-electron chi connectivity index (χ0n) is 11.7. The predicted molar refractivity (Wildman–Crippen MR) is 74.9 cm³/mol. The first-order valence-electron chi connectivity index (χ1n) is 7.10. The van der Waals surface area contributed by atoms with Crippen molar-refractivity contribution in [3.63, 3.8) is 0 Å². The molecule has 1 fully saturated rings. The first-order valence-corrected chi connectivity index (χ1v) is 7.10. The summed E-state index contributed by atoms with van der Waals surface area (Å²) >= 11 is 0. The van der Waals surface area contributed by atoms with Gasteiger partial charge in [-0.3, -0.25) is 0 Å². The molecule has 0 amide bonds. The summed E-state index contributed by atoms with van der Waals surface area (Å²) in [5, 5.41) is 8.79. The molecule has 2 rings (SSSR count). The lowest BCUT2D eigenvalue weighted by Gasteiger charge is -2.38. The number of rotatable bonds is 3. The highest BCUT2D eigenvalue weighted by Gasteiger charge is 2.33. The van der Waals surface area contributed by atoms with Gasteiger partial charge in [0.05, 0.1) is 0 Å². The van der Waals surface area contributed by atoms with Crippen LogP contribution in [0.15, 0.2) is 18.2 Å². The molecule has 0 unspecified atom stereocenters. The van der Waals surface area contributed by atoms with Gasteiger partial charge in [-0.05, 0) is 48.8 Å². The van der Waals surface area contributed by atoms with Crippen molar-refractivity contribution < 1.29 is 14.6 Å². The zero-order chi connectivity index (χ0) is 13.9. The lowest BCUT2D eigenvalue weighted by atomic mass is 9.66. The molecule has 0 aromatic heterocycles. The molecule has 3 nitrogen and oxygen atoms in total. The Balaban J connectivity index is 2.40. The van der Waals surface area contributed by atoms with E-state index in [9.17, 15) is 4.79 Å². The summed E-state index contributed by atoms with van der Waals surface area (Å²) in [5.74, 6) is 0.475. The highest BCUT2D eigenvalue weighted by Crippen LogP contribution is 2.44. The SMILES string of the molecule is CCC1(c2cccc(OC(=O)O)c2C)CCCCC1. The van der Waals surface area contributed by atoms with Crippen molar-refractivity contribution in [3.05, 3.63) is 29.3 Å². The van der Waals surface area contributed by atoms with Crippen molar-refractivity contribution in [1.29, 1.82) is 0 Å². The van der Waals surface area contributed by atoms with Crippen LogP contribution in [0.2, 0.25) is 0 Å². The summed E-state index contributed by atoms with van der Waals surface area (Å²) in [7, 11) is 0. The second kappa shape index (κ2) is 5.64. The van der Waals surface area contributed by atoms with Gasteiger partial charge in [-0.15, -0.1) is 0 Å². The third-order valence-electron chi connectivity index (χ3n) is 4.54. The summed E-state index contributed by atoms with van der Waals surface area (Å²) in [5.41, 5.74) is 2.46. The van der Waals surface area contributed by atoms with E-state index in [-0.39, 0.29) is 5.41 Å². The molecular weight excluding hydrogens is 240 g/mol. The normalized spacial score (nSPS) is 18.0. The van der Waals surface area contributed by atoms with Crippen LogP contribution < -0.4 is 4.74 Å². The first-order chi connectivity index (χ1) is 9.09. The molecule has 0 aliphatic heterocycles.